The molecule has 3 N–H and O–H groups in total. The quantitative estimate of drug-likeness (QED) is 0.759. The molecule has 0 unspecified atom stereocenters. The second-order valence-corrected chi connectivity index (χ2v) is 3.85. The fourth-order valence-electron chi connectivity index (χ4n) is 1.59. The van der Waals surface area contributed by atoms with Crippen molar-refractivity contribution in [1.29, 1.82) is 0 Å². The number of carbonyl (C=O) groups is 1. The number of nitrogens with one attached hydrogen (secondary N) is 1. The molecular formula is C11H14N6O3. The van der Waals surface area contributed by atoms with E-state index in [9.17, 15) is 4.79 Å². The molecule has 9 nitrogen and oxygen atoms in total. The summed E-state index contributed by atoms with van der Waals surface area (Å²) < 4.78 is 10.2. The molecule has 0 aliphatic heterocycles. The van der Waals surface area contributed by atoms with Crippen molar-refractivity contribution in [3.8, 4) is 11.5 Å². The van der Waals surface area contributed by atoms with Crippen LogP contribution in [0.5, 0.6) is 11.5 Å². The second-order valence-electron chi connectivity index (χ2n) is 3.85. The lowest BCUT2D eigenvalue weighted by Gasteiger charge is -2.11. The first-order valence-corrected chi connectivity index (χ1v) is 5.62. The molecule has 1 aromatic heterocycles. The van der Waals surface area contributed by atoms with Gasteiger partial charge in [0.1, 0.15) is 0 Å². The largest absolute Gasteiger partial charge is 0.493 e. The molecular weight excluding hydrogens is 264 g/mol. The number of nitrogens with zero attached hydrogens (tertiary/aromatic N) is 4. The summed E-state index contributed by atoms with van der Waals surface area (Å²) in [6, 6.07) is 3.00. The van der Waals surface area contributed by atoms with Crippen LogP contribution in [0.1, 0.15) is 10.4 Å². The van der Waals surface area contributed by atoms with E-state index in [-0.39, 0.29) is 17.2 Å². The molecule has 0 saturated heterocycles. The van der Waals surface area contributed by atoms with E-state index in [4.69, 9.17) is 15.2 Å². The van der Waals surface area contributed by atoms with Gasteiger partial charge in [-0.1, -0.05) is 5.10 Å². The van der Waals surface area contributed by atoms with Crippen molar-refractivity contribution in [3.63, 3.8) is 0 Å². The Labute approximate surface area is 114 Å². The standard InChI is InChI=1S/C11H14N6O3/c1-17-15-11(14-16-17)13-10(18)6-4-8(19-2)9(20-3)5-7(6)12/h4-5H,12H2,1-3H3,(H,13,15,18). The van der Waals surface area contributed by atoms with E-state index >= 15 is 0 Å². The highest BCUT2D eigenvalue weighted by molar-refractivity contribution is 6.07. The van der Waals surface area contributed by atoms with Gasteiger partial charge in [-0.3, -0.25) is 10.1 Å². The molecule has 1 aromatic carbocycles. The zero-order valence-corrected chi connectivity index (χ0v) is 11.2. The molecule has 0 atom stereocenters. The third-order valence-corrected chi connectivity index (χ3v) is 2.53. The number of anilines is 2. The van der Waals surface area contributed by atoms with Crippen LogP contribution in [0.25, 0.3) is 0 Å². The number of carbonyl (C=O) groups excluding carboxylic acids is 1. The summed E-state index contributed by atoms with van der Waals surface area (Å²) in [4.78, 5) is 13.3. The summed E-state index contributed by atoms with van der Waals surface area (Å²) in [5, 5.41) is 13.6. The number of ether oxygens (including phenoxy) is 2. The molecule has 2 aromatic rings. The first kappa shape index (κ1) is 13.6. The second kappa shape index (κ2) is 5.43. The molecule has 9 heteroatoms. The number of hydrogen-bond donors (Lipinski definition) is 2. The normalized spacial score (nSPS) is 10.2. The van der Waals surface area contributed by atoms with Gasteiger partial charge in [0.15, 0.2) is 11.5 Å². The fraction of sp³-hybridized carbons (Fsp3) is 0.273. The molecule has 0 fully saturated rings. The first-order valence-electron chi connectivity index (χ1n) is 5.62. The predicted molar refractivity (Wildman–Crippen MR) is 70.7 cm³/mol. The van der Waals surface area contributed by atoms with Gasteiger partial charge in [-0.15, -0.1) is 5.10 Å². The van der Waals surface area contributed by atoms with Crippen LogP contribution in [-0.2, 0) is 7.05 Å². The highest BCUT2D eigenvalue weighted by Crippen LogP contribution is 2.32. The zero-order chi connectivity index (χ0) is 14.7. The molecule has 0 bridgehead atoms. The Morgan fingerprint density at radius 3 is 2.50 bits per heavy atom. The van der Waals surface area contributed by atoms with Crippen LogP contribution in [-0.4, -0.2) is 40.3 Å². The summed E-state index contributed by atoms with van der Waals surface area (Å²) in [5.41, 5.74) is 6.31. The molecule has 0 saturated carbocycles. The Kier molecular flexibility index (Phi) is 3.69. The van der Waals surface area contributed by atoms with Gasteiger partial charge < -0.3 is 15.2 Å². The summed E-state index contributed by atoms with van der Waals surface area (Å²) in [6.07, 6.45) is 0. The van der Waals surface area contributed by atoms with Crippen LogP contribution in [0.15, 0.2) is 12.1 Å². The van der Waals surface area contributed by atoms with Gasteiger partial charge >= 0.3 is 0 Å². The van der Waals surface area contributed by atoms with Crippen LogP contribution in [0.3, 0.4) is 0 Å². The van der Waals surface area contributed by atoms with Crippen LogP contribution < -0.4 is 20.5 Å². The van der Waals surface area contributed by atoms with Crippen LogP contribution in [0.2, 0.25) is 0 Å². The maximum Gasteiger partial charge on any atom is 0.270 e. The predicted octanol–water partition coefficient (Wildman–Crippen LogP) is 0.0618. The first-order chi connectivity index (χ1) is 9.55. The van der Waals surface area contributed by atoms with Crippen LogP contribution >= 0.6 is 0 Å². The van der Waals surface area contributed by atoms with Gasteiger partial charge in [0.25, 0.3) is 11.9 Å². The van der Waals surface area contributed by atoms with E-state index in [1.54, 1.807) is 7.05 Å². The van der Waals surface area contributed by atoms with Gasteiger partial charge in [0.05, 0.1) is 26.8 Å². The van der Waals surface area contributed by atoms with E-state index in [2.05, 4.69) is 20.7 Å². The van der Waals surface area contributed by atoms with Gasteiger partial charge in [-0.25, -0.2) is 0 Å². The number of nitrogens with two attached hydrogens (primary N) is 1. The van der Waals surface area contributed by atoms with Crippen molar-refractivity contribution >= 4 is 17.5 Å². The van der Waals surface area contributed by atoms with Crippen molar-refractivity contribution in [1.82, 2.24) is 20.2 Å². The van der Waals surface area contributed by atoms with Crippen molar-refractivity contribution in [2.75, 3.05) is 25.3 Å². The van der Waals surface area contributed by atoms with Gasteiger partial charge in [0, 0.05) is 11.8 Å². The third-order valence-electron chi connectivity index (χ3n) is 2.53. The van der Waals surface area contributed by atoms with Gasteiger partial charge in [-0.2, -0.15) is 4.80 Å². The number of nitrogen functional groups attached to an aromatic ring is 1. The summed E-state index contributed by atoms with van der Waals surface area (Å²) >= 11 is 0. The number of tetrazole rings is 1. The van der Waals surface area contributed by atoms with Crippen molar-refractivity contribution < 1.29 is 14.3 Å². The van der Waals surface area contributed by atoms with E-state index in [0.29, 0.717) is 11.5 Å². The Bertz CT molecular complexity index is 639. The lowest BCUT2D eigenvalue weighted by Crippen LogP contribution is -2.15. The molecule has 106 valence electrons. The summed E-state index contributed by atoms with van der Waals surface area (Å²) in [6.45, 7) is 0. The Morgan fingerprint density at radius 2 is 1.95 bits per heavy atom. The van der Waals surface area contributed by atoms with E-state index in [1.165, 1.54) is 31.1 Å². The lowest BCUT2D eigenvalue weighted by atomic mass is 10.1. The maximum atomic E-state index is 12.1. The Balaban J connectivity index is 2.29. The molecule has 1 heterocycles. The van der Waals surface area contributed by atoms with Crippen molar-refractivity contribution in [3.05, 3.63) is 17.7 Å². The number of hydrogen-bond acceptors (Lipinski definition) is 7. The minimum absolute atomic E-state index is 0.0895. The average Bonchev–Trinajstić information content (AvgIpc) is 2.83. The zero-order valence-electron chi connectivity index (χ0n) is 11.2. The maximum absolute atomic E-state index is 12.1. The Morgan fingerprint density at radius 1 is 1.30 bits per heavy atom. The number of methoxy groups -OCH3 is 2. The number of rotatable bonds is 4. The molecule has 2 rings (SSSR count). The molecule has 0 radical (unpaired) electrons. The lowest BCUT2D eigenvalue weighted by molar-refractivity contribution is 0.102. The smallest absolute Gasteiger partial charge is 0.270 e. The topological polar surface area (TPSA) is 117 Å². The fourth-order valence-corrected chi connectivity index (χ4v) is 1.59. The average molecular weight is 278 g/mol. The van der Waals surface area contributed by atoms with Crippen molar-refractivity contribution in [2.24, 2.45) is 7.05 Å². The summed E-state index contributed by atoms with van der Waals surface area (Å²) in [7, 11) is 4.55. The molecule has 20 heavy (non-hydrogen) atoms. The third kappa shape index (κ3) is 2.60. The Hall–Kier alpha value is -2.84. The molecule has 0 aliphatic carbocycles. The minimum Gasteiger partial charge on any atom is -0.493 e. The molecule has 0 spiro atoms. The van der Waals surface area contributed by atoms with Crippen LogP contribution in [0.4, 0.5) is 11.6 Å². The number of aryl methyl sites for hydroxylation is 1. The van der Waals surface area contributed by atoms with Crippen LogP contribution in [0, 0.1) is 0 Å². The number of aromatic nitrogens is 4. The summed E-state index contributed by atoms with van der Waals surface area (Å²) in [5.74, 6) is 0.473. The monoisotopic (exact) mass is 278 g/mol. The van der Waals surface area contributed by atoms with Gasteiger partial charge in [0.2, 0.25) is 0 Å². The highest BCUT2D eigenvalue weighted by atomic mass is 16.5. The molecule has 0 aliphatic rings. The number of amides is 1. The minimum atomic E-state index is -0.462. The van der Waals surface area contributed by atoms with E-state index in [0.717, 1.165) is 0 Å². The molecule has 1 amide bonds. The van der Waals surface area contributed by atoms with E-state index < -0.39 is 5.91 Å². The number of benzene rings is 1. The van der Waals surface area contributed by atoms with Gasteiger partial charge in [-0.05, 0) is 11.3 Å². The van der Waals surface area contributed by atoms with E-state index in [1.807, 2.05) is 0 Å². The highest BCUT2D eigenvalue weighted by Gasteiger charge is 2.16. The van der Waals surface area contributed by atoms with Crippen molar-refractivity contribution in [2.45, 2.75) is 0 Å². The SMILES string of the molecule is COc1cc(N)c(C(=O)Nc2nnn(C)n2)cc1OC.